The SMILES string of the molecule is CNC1=CC=C2CNC(C)CC21C. The fourth-order valence-corrected chi connectivity index (χ4v) is 2.55. The zero-order valence-corrected chi connectivity index (χ0v) is 8.65. The van der Waals surface area contributed by atoms with Gasteiger partial charge in [0.05, 0.1) is 0 Å². The predicted octanol–water partition coefficient (Wildman–Crippen LogP) is 1.42. The summed E-state index contributed by atoms with van der Waals surface area (Å²) in [6, 6.07) is 0.622. The van der Waals surface area contributed by atoms with Gasteiger partial charge in [0.1, 0.15) is 0 Å². The second-order valence-corrected chi connectivity index (χ2v) is 4.34. The summed E-state index contributed by atoms with van der Waals surface area (Å²) in [4.78, 5) is 0. The van der Waals surface area contributed by atoms with Crippen LogP contribution in [-0.4, -0.2) is 19.6 Å². The lowest BCUT2D eigenvalue weighted by atomic mass is 9.74. The minimum Gasteiger partial charge on any atom is -0.391 e. The summed E-state index contributed by atoms with van der Waals surface area (Å²) < 4.78 is 0. The number of allylic oxidation sites excluding steroid dienone is 3. The predicted molar refractivity (Wildman–Crippen MR) is 55.4 cm³/mol. The van der Waals surface area contributed by atoms with E-state index in [9.17, 15) is 0 Å². The molecule has 1 fully saturated rings. The van der Waals surface area contributed by atoms with Gasteiger partial charge in [0.25, 0.3) is 0 Å². The van der Waals surface area contributed by atoms with E-state index < -0.39 is 0 Å². The highest BCUT2D eigenvalue weighted by molar-refractivity contribution is 5.41. The zero-order chi connectivity index (χ0) is 9.47. The molecule has 2 rings (SSSR count). The van der Waals surface area contributed by atoms with Crippen molar-refractivity contribution in [2.75, 3.05) is 13.6 Å². The van der Waals surface area contributed by atoms with Crippen LogP contribution >= 0.6 is 0 Å². The second-order valence-electron chi connectivity index (χ2n) is 4.34. The highest BCUT2D eigenvalue weighted by Crippen LogP contribution is 2.44. The Balaban J connectivity index is 2.27. The van der Waals surface area contributed by atoms with Crippen LogP contribution in [0.25, 0.3) is 0 Å². The normalized spacial score (nSPS) is 37.9. The quantitative estimate of drug-likeness (QED) is 0.634. The van der Waals surface area contributed by atoms with E-state index in [0.717, 1.165) is 6.54 Å². The first kappa shape index (κ1) is 8.82. The van der Waals surface area contributed by atoms with Crippen molar-refractivity contribution < 1.29 is 0 Å². The Hall–Kier alpha value is -0.760. The van der Waals surface area contributed by atoms with Gasteiger partial charge in [-0.2, -0.15) is 0 Å². The highest BCUT2D eigenvalue weighted by atomic mass is 15.0. The Labute approximate surface area is 80.1 Å². The van der Waals surface area contributed by atoms with Crippen molar-refractivity contribution in [3.8, 4) is 0 Å². The third-order valence-corrected chi connectivity index (χ3v) is 3.38. The first-order chi connectivity index (χ1) is 6.16. The van der Waals surface area contributed by atoms with E-state index in [-0.39, 0.29) is 5.41 Å². The Kier molecular flexibility index (Phi) is 1.95. The lowest BCUT2D eigenvalue weighted by molar-refractivity contribution is 0.311. The summed E-state index contributed by atoms with van der Waals surface area (Å²) in [6.07, 6.45) is 5.67. The van der Waals surface area contributed by atoms with Crippen LogP contribution in [0.5, 0.6) is 0 Å². The molecule has 0 aromatic heterocycles. The maximum absolute atomic E-state index is 3.49. The number of fused-ring (bicyclic) bond motifs is 1. The van der Waals surface area contributed by atoms with E-state index in [4.69, 9.17) is 0 Å². The molecule has 0 saturated carbocycles. The summed E-state index contributed by atoms with van der Waals surface area (Å²) in [6.45, 7) is 5.64. The van der Waals surface area contributed by atoms with Gasteiger partial charge in [0.15, 0.2) is 0 Å². The molecule has 2 unspecified atom stereocenters. The molecular weight excluding hydrogens is 160 g/mol. The van der Waals surface area contributed by atoms with E-state index in [0.29, 0.717) is 6.04 Å². The fraction of sp³-hybridized carbons (Fsp3) is 0.636. The van der Waals surface area contributed by atoms with Gasteiger partial charge in [-0.05, 0) is 25.0 Å². The van der Waals surface area contributed by atoms with Crippen molar-refractivity contribution in [3.63, 3.8) is 0 Å². The maximum atomic E-state index is 3.49. The number of hydrogen-bond donors (Lipinski definition) is 2. The molecule has 1 saturated heterocycles. The number of nitrogens with one attached hydrogen (secondary N) is 2. The molecular formula is C11H18N2. The largest absolute Gasteiger partial charge is 0.391 e. The van der Waals surface area contributed by atoms with Crippen molar-refractivity contribution in [1.29, 1.82) is 0 Å². The highest BCUT2D eigenvalue weighted by Gasteiger charge is 2.39. The van der Waals surface area contributed by atoms with Gasteiger partial charge >= 0.3 is 0 Å². The average Bonchev–Trinajstić information content (AvgIpc) is 2.40. The van der Waals surface area contributed by atoms with E-state index >= 15 is 0 Å². The van der Waals surface area contributed by atoms with Crippen LogP contribution in [0, 0.1) is 5.41 Å². The Morgan fingerprint density at radius 3 is 3.00 bits per heavy atom. The summed E-state index contributed by atoms with van der Waals surface area (Å²) in [5.41, 5.74) is 3.17. The van der Waals surface area contributed by atoms with Crippen molar-refractivity contribution in [1.82, 2.24) is 10.6 Å². The van der Waals surface area contributed by atoms with E-state index in [1.165, 1.54) is 17.7 Å². The smallest absolute Gasteiger partial charge is 0.0311 e. The molecule has 2 nitrogen and oxygen atoms in total. The first-order valence-electron chi connectivity index (χ1n) is 5.00. The van der Waals surface area contributed by atoms with Gasteiger partial charge in [-0.25, -0.2) is 0 Å². The van der Waals surface area contributed by atoms with Crippen molar-refractivity contribution in [2.24, 2.45) is 5.41 Å². The minimum atomic E-state index is 0.277. The maximum Gasteiger partial charge on any atom is 0.0311 e. The number of piperidine rings is 1. The number of hydrogen-bond acceptors (Lipinski definition) is 2. The van der Waals surface area contributed by atoms with Crippen LogP contribution in [0.3, 0.4) is 0 Å². The van der Waals surface area contributed by atoms with Crippen LogP contribution in [0.1, 0.15) is 20.3 Å². The summed E-state index contributed by atoms with van der Waals surface area (Å²) >= 11 is 0. The lowest BCUT2D eigenvalue weighted by Crippen LogP contribution is -2.44. The van der Waals surface area contributed by atoms with Gasteiger partial charge in [0, 0.05) is 30.7 Å². The van der Waals surface area contributed by atoms with Crippen molar-refractivity contribution in [3.05, 3.63) is 23.4 Å². The Morgan fingerprint density at radius 2 is 2.31 bits per heavy atom. The summed E-state index contributed by atoms with van der Waals surface area (Å²) in [7, 11) is 2.01. The molecule has 13 heavy (non-hydrogen) atoms. The van der Waals surface area contributed by atoms with Crippen LogP contribution in [0.4, 0.5) is 0 Å². The molecule has 0 amide bonds. The molecule has 2 N–H and O–H groups in total. The molecule has 0 radical (unpaired) electrons. The molecule has 2 atom stereocenters. The van der Waals surface area contributed by atoms with Gasteiger partial charge in [-0.1, -0.05) is 13.0 Å². The van der Waals surface area contributed by atoms with Gasteiger partial charge in [0.2, 0.25) is 0 Å². The molecule has 1 aliphatic heterocycles. The molecule has 0 spiro atoms. The van der Waals surface area contributed by atoms with Crippen molar-refractivity contribution in [2.45, 2.75) is 26.3 Å². The lowest BCUT2D eigenvalue weighted by Gasteiger charge is -2.39. The Bertz CT molecular complexity index is 264. The number of rotatable bonds is 1. The van der Waals surface area contributed by atoms with Gasteiger partial charge < -0.3 is 10.6 Å². The van der Waals surface area contributed by atoms with E-state index in [2.05, 4.69) is 36.6 Å². The molecule has 0 aromatic rings. The van der Waals surface area contributed by atoms with Crippen LogP contribution < -0.4 is 10.6 Å². The zero-order valence-electron chi connectivity index (χ0n) is 8.65. The van der Waals surface area contributed by atoms with Crippen LogP contribution in [-0.2, 0) is 0 Å². The molecule has 2 heteroatoms. The topological polar surface area (TPSA) is 24.1 Å². The fourth-order valence-electron chi connectivity index (χ4n) is 2.55. The monoisotopic (exact) mass is 178 g/mol. The standard InChI is InChI=1S/C11H18N2/c1-8-6-11(2)9(7-13-8)4-5-10(11)12-3/h4-5,8,12-13H,6-7H2,1-3H3. The summed E-state index contributed by atoms with van der Waals surface area (Å²) in [5.74, 6) is 0. The molecule has 1 heterocycles. The van der Waals surface area contributed by atoms with Gasteiger partial charge in [-0.3, -0.25) is 0 Å². The molecule has 2 aliphatic rings. The van der Waals surface area contributed by atoms with E-state index in [1.54, 1.807) is 0 Å². The van der Waals surface area contributed by atoms with Crippen molar-refractivity contribution >= 4 is 0 Å². The Morgan fingerprint density at radius 1 is 1.54 bits per heavy atom. The molecule has 72 valence electrons. The minimum absolute atomic E-state index is 0.277. The third kappa shape index (κ3) is 1.20. The second kappa shape index (κ2) is 2.88. The third-order valence-electron chi connectivity index (χ3n) is 3.38. The molecule has 0 bridgehead atoms. The average molecular weight is 178 g/mol. The van der Waals surface area contributed by atoms with E-state index in [1.807, 2.05) is 7.05 Å². The van der Waals surface area contributed by atoms with Crippen LogP contribution in [0.2, 0.25) is 0 Å². The molecule has 0 aromatic carbocycles. The van der Waals surface area contributed by atoms with Crippen LogP contribution in [0.15, 0.2) is 23.4 Å². The first-order valence-corrected chi connectivity index (χ1v) is 5.00. The van der Waals surface area contributed by atoms with Gasteiger partial charge in [-0.15, -0.1) is 0 Å². The summed E-state index contributed by atoms with van der Waals surface area (Å²) in [5, 5.41) is 6.80. The molecule has 1 aliphatic carbocycles.